The van der Waals surface area contributed by atoms with E-state index in [1.54, 1.807) is 44.6 Å². The van der Waals surface area contributed by atoms with Gasteiger partial charge in [-0.05, 0) is 42.1 Å². The van der Waals surface area contributed by atoms with Gasteiger partial charge in [-0.1, -0.05) is 29.8 Å². The monoisotopic (exact) mass is 376 g/mol. The number of hydrogen-bond donors (Lipinski definition) is 2. The molecular formula is C18H17ClN2O3S. The van der Waals surface area contributed by atoms with Crippen LogP contribution in [0.2, 0.25) is 5.02 Å². The molecule has 130 valence electrons. The van der Waals surface area contributed by atoms with Gasteiger partial charge < -0.3 is 14.8 Å². The summed E-state index contributed by atoms with van der Waals surface area (Å²) >= 11 is 11.2. The average Bonchev–Trinajstić information content (AvgIpc) is 2.60. The van der Waals surface area contributed by atoms with Gasteiger partial charge in [-0.15, -0.1) is 0 Å². The van der Waals surface area contributed by atoms with Crippen molar-refractivity contribution in [1.82, 2.24) is 5.32 Å². The van der Waals surface area contributed by atoms with E-state index in [2.05, 4.69) is 10.6 Å². The topological polar surface area (TPSA) is 59.6 Å². The minimum atomic E-state index is -0.363. The molecule has 25 heavy (non-hydrogen) atoms. The Hall–Kier alpha value is -2.57. The van der Waals surface area contributed by atoms with E-state index < -0.39 is 0 Å². The highest BCUT2D eigenvalue weighted by molar-refractivity contribution is 7.80. The first-order valence-corrected chi connectivity index (χ1v) is 8.08. The van der Waals surface area contributed by atoms with Crippen molar-refractivity contribution in [2.45, 2.75) is 0 Å². The van der Waals surface area contributed by atoms with E-state index in [0.717, 1.165) is 5.56 Å². The van der Waals surface area contributed by atoms with Gasteiger partial charge in [-0.2, -0.15) is 0 Å². The van der Waals surface area contributed by atoms with E-state index in [4.69, 9.17) is 33.3 Å². The molecule has 2 aromatic carbocycles. The summed E-state index contributed by atoms with van der Waals surface area (Å²) in [5, 5.41) is 6.21. The van der Waals surface area contributed by atoms with Crippen molar-refractivity contribution < 1.29 is 14.3 Å². The fraction of sp³-hybridized carbons (Fsp3) is 0.111. The van der Waals surface area contributed by atoms with Crippen LogP contribution >= 0.6 is 23.8 Å². The molecule has 0 aliphatic rings. The second-order valence-corrected chi connectivity index (χ2v) is 5.68. The highest BCUT2D eigenvalue weighted by Gasteiger charge is 2.07. The molecule has 0 bridgehead atoms. The second kappa shape index (κ2) is 9.05. The van der Waals surface area contributed by atoms with Crippen molar-refractivity contribution in [2.75, 3.05) is 19.5 Å². The van der Waals surface area contributed by atoms with Crippen LogP contribution in [0.1, 0.15) is 5.56 Å². The number of methoxy groups -OCH3 is 2. The van der Waals surface area contributed by atoms with E-state index in [1.165, 1.54) is 6.08 Å². The molecule has 0 aromatic heterocycles. The summed E-state index contributed by atoms with van der Waals surface area (Å²) in [6, 6.07) is 12.4. The van der Waals surface area contributed by atoms with Crippen molar-refractivity contribution in [1.29, 1.82) is 0 Å². The second-order valence-electron chi connectivity index (χ2n) is 4.87. The third-order valence-electron chi connectivity index (χ3n) is 3.20. The van der Waals surface area contributed by atoms with Crippen LogP contribution in [-0.4, -0.2) is 25.2 Å². The van der Waals surface area contributed by atoms with Gasteiger partial charge in [0.2, 0.25) is 5.91 Å². The number of hydrogen-bond acceptors (Lipinski definition) is 4. The highest BCUT2D eigenvalue weighted by Crippen LogP contribution is 2.29. The molecule has 0 atom stereocenters. The summed E-state index contributed by atoms with van der Waals surface area (Å²) in [6.45, 7) is 0. The van der Waals surface area contributed by atoms with Crippen molar-refractivity contribution in [3.05, 3.63) is 59.1 Å². The number of anilines is 1. The van der Waals surface area contributed by atoms with E-state index in [9.17, 15) is 4.79 Å². The third-order valence-corrected chi connectivity index (χ3v) is 3.75. The Balaban J connectivity index is 1.96. The number of nitrogens with one attached hydrogen (secondary N) is 2. The Morgan fingerprint density at radius 3 is 2.52 bits per heavy atom. The number of thiocarbonyl (C=S) groups is 1. The minimum absolute atomic E-state index is 0.168. The summed E-state index contributed by atoms with van der Waals surface area (Å²) in [6.07, 6.45) is 2.99. The van der Waals surface area contributed by atoms with Crippen molar-refractivity contribution in [3.63, 3.8) is 0 Å². The summed E-state index contributed by atoms with van der Waals surface area (Å²) in [5.74, 6) is 0.795. The summed E-state index contributed by atoms with van der Waals surface area (Å²) in [5.41, 5.74) is 1.41. The quantitative estimate of drug-likeness (QED) is 0.612. The number of ether oxygens (including phenoxy) is 2. The van der Waals surface area contributed by atoms with Gasteiger partial charge in [-0.25, -0.2) is 0 Å². The molecule has 2 rings (SSSR count). The van der Waals surface area contributed by atoms with Crippen molar-refractivity contribution in [2.24, 2.45) is 0 Å². The lowest BCUT2D eigenvalue weighted by Crippen LogP contribution is -2.32. The van der Waals surface area contributed by atoms with Crippen LogP contribution in [-0.2, 0) is 4.79 Å². The first kappa shape index (κ1) is 18.8. The van der Waals surface area contributed by atoms with Gasteiger partial charge in [0.05, 0.1) is 14.2 Å². The maximum Gasteiger partial charge on any atom is 0.250 e. The lowest BCUT2D eigenvalue weighted by molar-refractivity contribution is -0.115. The van der Waals surface area contributed by atoms with Gasteiger partial charge >= 0.3 is 0 Å². The maximum atomic E-state index is 11.9. The Morgan fingerprint density at radius 1 is 1.12 bits per heavy atom. The molecule has 2 N–H and O–H groups in total. The number of rotatable bonds is 5. The van der Waals surface area contributed by atoms with Gasteiger partial charge in [0.25, 0.3) is 0 Å². The summed E-state index contributed by atoms with van der Waals surface area (Å²) in [7, 11) is 3.10. The van der Waals surface area contributed by atoms with Gasteiger partial charge in [0, 0.05) is 22.9 Å². The lowest BCUT2D eigenvalue weighted by atomic mass is 10.2. The number of amides is 1. The number of benzene rings is 2. The molecule has 0 fully saturated rings. The standard InChI is InChI=1S/C18H17ClN2O3S/c1-23-15-9-8-13(11-16(15)24-2)20-18(25)21-17(22)10-7-12-5-3-4-6-14(12)19/h3-11H,1-2H3,(H2,20,21,22,25)/b10-7+. The summed E-state index contributed by atoms with van der Waals surface area (Å²) in [4.78, 5) is 11.9. The SMILES string of the molecule is COc1ccc(NC(=S)NC(=O)/C=C/c2ccccc2Cl)cc1OC. The van der Waals surface area contributed by atoms with Crippen LogP contribution in [0.25, 0.3) is 6.08 Å². The maximum absolute atomic E-state index is 11.9. The van der Waals surface area contributed by atoms with Crippen LogP contribution in [0, 0.1) is 0 Å². The number of carbonyl (C=O) groups is 1. The van der Waals surface area contributed by atoms with E-state index in [0.29, 0.717) is 22.2 Å². The van der Waals surface area contributed by atoms with E-state index >= 15 is 0 Å². The largest absolute Gasteiger partial charge is 0.493 e. The molecule has 0 saturated carbocycles. The zero-order valence-electron chi connectivity index (χ0n) is 13.7. The Labute approximate surface area is 156 Å². The Bertz CT molecular complexity index is 809. The molecule has 7 heteroatoms. The fourth-order valence-corrected chi connectivity index (χ4v) is 2.42. The van der Waals surface area contributed by atoms with Crippen LogP contribution in [0.5, 0.6) is 11.5 Å². The molecule has 0 unspecified atom stereocenters. The van der Waals surface area contributed by atoms with Crippen LogP contribution in [0.3, 0.4) is 0 Å². The molecule has 0 saturated heterocycles. The van der Waals surface area contributed by atoms with E-state index in [1.807, 2.05) is 18.2 Å². The average molecular weight is 377 g/mol. The molecule has 0 aliphatic carbocycles. The van der Waals surface area contributed by atoms with E-state index in [-0.39, 0.29) is 11.0 Å². The first-order chi connectivity index (χ1) is 12.0. The van der Waals surface area contributed by atoms with Crippen molar-refractivity contribution in [3.8, 4) is 11.5 Å². The molecule has 0 radical (unpaired) electrons. The number of carbonyl (C=O) groups excluding carboxylic acids is 1. The molecule has 1 amide bonds. The van der Waals surface area contributed by atoms with Gasteiger partial charge in [0.1, 0.15) is 0 Å². The number of halogens is 1. The highest BCUT2D eigenvalue weighted by atomic mass is 35.5. The first-order valence-electron chi connectivity index (χ1n) is 7.30. The molecular weight excluding hydrogens is 360 g/mol. The zero-order chi connectivity index (χ0) is 18.2. The van der Waals surface area contributed by atoms with Gasteiger partial charge in [0.15, 0.2) is 16.6 Å². The summed E-state index contributed by atoms with van der Waals surface area (Å²) < 4.78 is 10.4. The van der Waals surface area contributed by atoms with Crippen LogP contribution in [0.4, 0.5) is 5.69 Å². The fourth-order valence-electron chi connectivity index (χ4n) is 2.01. The molecule has 2 aromatic rings. The zero-order valence-corrected chi connectivity index (χ0v) is 15.3. The molecule has 5 nitrogen and oxygen atoms in total. The smallest absolute Gasteiger partial charge is 0.250 e. The van der Waals surface area contributed by atoms with Crippen molar-refractivity contribution >= 4 is 46.6 Å². The van der Waals surface area contributed by atoms with Crippen LogP contribution in [0.15, 0.2) is 48.5 Å². The Kier molecular flexibility index (Phi) is 6.80. The predicted molar refractivity (Wildman–Crippen MR) is 104 cm³/mol. The normalized spacial score (nSPS) is 10.4. The predicted octanol–water partition coefficient (Wildman–Crippen LogP) is 3.88. The Morgan fingerprint density at radius 2 is 1.84 bits per heavy atom. The molecule has 0 aliphatic heterocycles. The van der Waals surface area contributed by atoms with Crippen LogP contribution < -0.4 is 20.1 Å². The third kappa shape index (κ3) is 5.48. The van der Waals surface area contributed by atoms with Gasteiger partial charge in [-0.3, -0.25) is 10.1 Å². The molecule has 0 heterocycles. The minimum Gasteiger partial charge on any atom is -0.493 e. The lowest BCUT2D eigenvalue weighted by Gasteiger charge is -2.12. The molecule has 0 spiro atoms.